The number of nitrogens with zero attached hydrogens (tertiary/aromatic N) is 1. The Labute approximate surface area is 95.2 Å². The Balaban J connectivity index is 2.82. The lowest BCUT2D eigenvalue weighted by molar-refractivity contribution is 0.0185. The smallest absolute Gasteiger partial charge is 0.0336 e. The van der Waals surface area contributed by atoms with Gasteiger partial charge in [0.1, 0.15) is 0 Å². The first-order valence-electron chi connectivity index (χ1n) is 6.34. The molecule has 2 heteroatoms. The maximum atomic E-state index is 6.06. The first-order valence-corrected chi connectivity index (χ1v) is 6.34. The van der Waals surface area contributed by atoms with E-state index in [0.29, 0.717) is 6.04 Å². The molecule has 2 N–H and O–H groups in total. The van der Waals surface area contributed by atoms with E-state index in [4.69, 9.17) is 5.73 Å². The third-order valence-electron chi connectivity index (χ3n) is 4.16. The molecule has 2 unspecified atom stereocenters. The van der Waals surface area contributed by atoms with Crippen LogP contribution < -0.4 is 5.73 Å². The van der Waals surface area contributed by atoms with Gasteiger partial charge in [-0.2, -0.15) is 0 Å². The van der Waals surface area contributed by atoms with Crippen molar-refractivity contribution in [3.05, 3.63) is 0 Å². The summed E-state index contributed by atoms with van der Waals surface area (Å²) in [5.74, 6) is 1.64. The van der Waals surface area contributed by atoms with Crippen molar-refractivity contribution < 1.29 is 0 Å². The highest BCUT2D eigenvalue weighted by Gasteiger charge is 2.40. The molecule has 1 fully saturated rings. The molecule has 0 radical (unpaired) electrons. The summed E-state index contributed by atoms with van der Waals surface area (Å²) in [7, 11) is 2.24. The normalized spacial score (nSPS) is 37.6. The fourth-order valence-electron chi connectivity index (χ4n) is 3.38. The van der Waals surface area contributed by atoms with Gasteiger partial charge in [0, 0.05) is 18.1 Å². The largest absolute Gasteiger partial charge is 0.329 e. The Bertz CT molecular complexity index is 191. The molecule has 0 heterocycles. The second kappa shape index (κ2) is 4.84. The fraction of sp³-hybridized carbons (Fsp3) is 1.00. The maximum absolute atomic E-state index is 6.06. The van der Waals surface area contributed by atoms with Gasteiger partial charge in [0.05, 0.1) is 0 Å². The fourth-order valence-corrected chi connectivity index (χ4v) is 3.38. The quantitative estimate of drug-likeness (QED) is 0.779. The molecule has 1 aliphatic rings. The topological polar surface area (TPSA) is 29.3 Å². The molecule has 2 atom stereocenters. The third kappa shape index (κ3) is 2.73. The molecular weight excluding hydrogens is 184 g/mol. The van der Waals surface area contributed by atoms with Crippen molar-refractivity contribution >= 4 is 0 Å². The van der Waals surface area contributed by atoms with Crippen molar-refractivity contribution in [2.45, 2.75) is 58.5 Å². The number of rotatable bonds is 3. The molecule has 1 rings (SSSR count). The average molecular weight is 212 g/mol. The van der Waals surface area contributed by atoms with Gasteiger partial charge in [0.2, 0.25) is 0 Å². The molecule has 90 valence electrons. The minimum atomic E-state index is 0.255. The lowest BCUT2D eigenvalue weighted by atomic mass is 9.70. The summed E-state index contributed by atoms with van der Waals surface area (Å²) in [5.41, 5.74) is 6.31. The molecule has 1 aliphatic carbocycles. The Morgan fingerprint density at radius 1 is 1.27 bits per heavy atom. The van der Waals surface area contributed by atoms with E-state index in [9.17, 15) is 0 Å². The van der Waals surface area contributed by atoms with Crippen molar-refractivity contribution in [2.24, 2.45) is 17.6 Å². The molecule has 0 spiro atoms. The van der Waals surface area contributed by atoms with Crippen LogP contribution in [0.2, 0.25) is 0 Å². The van der Waals surface area contributed by atoms with Gasteiger partial charge in [-0.3, -0.25) is 4.90 Å². The van der Waals surface area contributed by atoms with Gasteiger partial charge in [-0.1, -0.05) is 13.8 Å². The number of nitrogens with two attached hydrogens (primary N) is 1. The highest BCUT2D eigenvalue weighted by Crippen LogP contribution is 2.39. The standard InChI is InChI=1S/C13H28N2/c1-10(2)15(5)13(9-14)7-11(3)6-12(4)8-13/h10-12H,6-9,14H2,1-5H3. The van der Waals surface area contributed by atoms with Crippen molar-refractivity contribution in [3.8, 4) is 0 Å². The van der Waals surface area contributed by atoms with Gasteiger partial charge in [0.25, 0.3) is 0 Å². The minimum absolute atomic E-state index is 0.255. The van der Waals surface area contributed by atoms with Crippen LogP contribution >= 0.6 is 0 Å². The second-order valence-corrected chi connectivity index (χ2v) is 5.99. The minimum Gasteiger partial charge on any atom is -0.329 e. The molecule has 0 aromatic carbocycles. The van der Waals surface area contributed by atoms with Crippen molar-refractivity contribution in [2.75, 3.05) is 13.6 Å². The van der Waals surface area contributed by atoms with E-state index in [0.717, 1.165) is 18.4 Å². The van der Waals surface area contributed by atoms with E-state index in [1.54, 1.807) is 0 Å². The molecule has 0 bridgehead atoms. The van der Waals surface area contributed by atoms with Crippen LogP contribution in [0.1, 0.15) is 47.0 Å². The molecule has 0 amide bonds. The third-order valence-corrected chi connectivity index (χ3v) is 4.16. The van der Waals surface area contributed by atoms with Gasteiger partial charge in [-0.25, -0.2) is 0 Å². The number of hydrogen-bond acceptors (Lipinski definition) is 2. The van der Waals surface area contributed by atoms with Crippen LogP contribution in [0.5, 0.6) is 0 Å². The lowest BCUT2D eigenvalue weighted by Gasteiger charge is -2.50. The van der Waals surface area contributed by atoms with Crippen LogP contribution in [-0.4, -0.2) is 30.1 Å². The lowest BCUT2D eigenvalue weighted by Crippen LogP contribution is -2.58. The second-order valence-electron chi connectivity index (χ2n) is 5.99. The predicted octanol–water partition coefficient (Wildman–Crippen LogP) is 2.48. The molecule has 2 nitrogen and oxygen atoms in total. The van der Waals surface area contributed by atoms with E-state index >= 15 is 0 Å². The van der Waals surface area contributed by atoms with Crippen molar-refractivity contribution in [3.63, 3.8) is 0 Å². The Morgan fingerprint density at radius 2 is 1.73 bits per heavy atom. The zero-order valence-corrected chi connectivity index (χ0v) is 11.1. The van der Waals surface area contributed by atoms with Crippen LogP contribution in [0.3, 0.4) is 0 Å². The summed E-state index contributed by atoms with van der Waals surface area (Å²) in [5, 5.41) is 0. The number of hydrogen-bond donors (Lipinski definition) is 1. The van der Waals surface area contributed by atoms with E-state index in [1.165, 1.54) is 19.3 Å². The summed E-state index contributed by atoms with van der Waals surface area (Å²) < 4.78 is 0. The van der Waals surface area contributed by atoms with E-state index in [1.807, 2.05) is 0 Å². The van der Waals surface area contributed by atoms with Gasteiger partial charge < -0.3 is 5.73 Å². The van der Waals surface area contributed by atoms with Gasteiger partial charge >= 0.3 is 0 Å². The summed E-state index contributed by atoms with van der Waals surface area (Å²) in [6.45, 7) is 10.1. The van der Waals surface area contributed by atoms with Crippen LogP contribution in [-0.2, 0) is 0 Å². The number of likely N-dealkylation sites (N-methyl/N-ethyl adjacent to an activating group) is 1. The predicted molar refractivity (Wildman–Crippen MR) is 66.9 cm³/mol. The highest BCUT2D eigenvalue weighted by molar-refractivity contribution is 4.97. The van der Waals surface area contributed by atoms with Gasteiger partial charge in [-0.05, 0) is 52.0 Å². The molecule has 1 saturated carbocycles. The molecule has 0 aromatic heterocycles. The Hall–Kier alpha value is -0.0800. The average Bonchev–Trinajstić information content (AvgIpc) is 2.14. The first kappa shape index (κ1) is 13.0. The Kier molecular flexibility index (Phi) is 4.19. The Morgan fingerprint density at radius 3 is 2.07 bits per heavy atom. The van der Waals surface area contributed by atoms with Crippen molar-refractivity contribution in [1.82, 2.24) is 4.90 Å². The summed E-state index contributed by atoms with van der Waals surface area (Å²) >= 11 is 0. The summed E-state index contributed by atoms with van der Waals surface area (Å²) in [4.78, 5) is 2.50. The monoisotopic (exact) mass is 212 g/mol. The molecule has 0 saturated heterocycles. The zero-order valence-electron chi connectivity index (χ0n) is 11.1. The molecular formula is C13H28N2. The van der Waals surface area contributed by atoms with Gasteiger partial charge in [0.15, 0.2) is 0 Å². The SMILES string of the molecule is CC1CC(C)CC(CN)(N(C)C(C)C)C1. The zero-order chi connectivity index (χ0) is 11.6. The molecule has 15 heavy (non-hydrogen) atoms. The van der Waals surface area contributed by atoms with E-state index in [2.05, 4.69) is 39.6 Å². The van der Waals surface area contributed by atoms with E-state index in [-0.39, 0.29) is 5.54 Å². The highest BCUT2D eigenvalue weighted by atomic mass is 15.2. The van der Waals surface area contributed by atoms with E-state index < -0.39 is 0 Å². The van der Waals surface area contributed by atoms with Crippen molar-refractivity contribution in [1.29, 1.82) is 0 Å². The van der Waals surface area contributed by atoms with Crippen LogP contribution in [0, 0.1) is 11.8 Å². The van der Waals surface area contributed by atoms with Crippen LogP contribution in [0.15, 0.2) is 0 Å². The van der Waals surface area contributed by atoms with Crippen LogP contribution in [0.25, 0.3) is 0 Å². The molecule has 0 aromatic rings. The van der Waals surface area contributed by atoms with Crippen LogP contribution in [0.4, 0.5) is 0 Å². The maximum Gasteiger partial charge on any atom is 0.0336 e. The van der Waals surface area contributed by atoms with Gasteiger partial charge in [-0.15, -0.1) is 0 Å². The summed E-state index contributed by atoms with van der Waals surface area (Å²) in [6.07, 6.45) is 3.90. The molecule has 0 aliphatic heterocycles. The first-order chi connectivity index (χ1) is 6.91. The summed E-state index contributed by atoms with van der Waals surface area (Å²) in [6, 6.07) is 0.589.